The van der Waals surface area contributed by atoms with E-state index in [1.807, 2.05) is 0 Å². The highest BCUT2D eigenvalue weighted by Crippen LogP contribution is 2.36. The zero-order valence-electron chi connectivity index (χ0n) is 16.4. The van der Waals surface area contributed by atoms with Crippen molar-refractivity contribution < 1.29 is 23.9 Å². The van der Waals surface area contributed by atoms with E-state index in [-0.39, 0.29) is 0 Å². The standard InChI is InChI=1S/C20H17N5O5S/c1-20(11-5-6-14-15(9-11)30-8-7-29-14)18(27)25(19(28)22-20)10-16(26)21-12-3-2-4-13-17(12)24-31-23-13/h2-6,9H,7-8,10H2,1H3,(H,21,26)(H,22,28)/t20-/m0/s1. The molecule has 11 heteroatoms. The first-order chi connectivity index (χ1) is 15.0. The summed E-state index contributed by atoms with van der Waals surface area (Å²) in [6, 6.07) is 9.64. The van der Waals surface area contributed by atoms with Crippen LogP contribution in [0.2, 0.25) is 0 Å². The molecule has 4 amide bonds. The van der Waals surface area contributed by atoms with Gasteiger partial charge < -0.3 is 20.1 Å². The van der Waals surface area contributed by atoms with Crippen molar-refractivity contribution in [2.24, 2.45) is 0 Å². The Labute approximate surface area is 180 Å². The Kier molecular flexibility index (Phi) is 4.47. The molecule has 0 spiro atoms. The Morgan fingerprint density at radius 1 is 1.19 bits per heavy atom. The quantitative estimate of drug-likeness (QED) is 0.595. The number of carbonyl (C=O) groups is 3. The van der Waals surface area contributed by atoms with E-state index in [2.05, 4.69) is 19.4 Å². The summed E-state index contributed by atoms with van der Waals surface area (Å²) in [5.74, 6) is 0.0405. The fraction of sp³-hybridized carbons (Fsp3) is 0.250. The average Bonchev–Trinajstić information content (AvgIpc) is 3.33. The minimum atomic E-state index is -1.33. The molecule has 3 heterocycles. The Morgan fingerprint density at radius 3 is 2.84 bits per heavy atom. The van der Waals surface area contributed by atoms with Gasteiger partial charge in [-0.15, -0.1) is 0 Å². The maximum atomic E-state index is 13.1. The van der Waals surface area contributed by atoms with Crippen molar-refractivity contribution in [2.75, 3.05) is 25.1 Å². The number of fused-ring (bicyclic) bond motifs is 2. The molecule has 31 heavy (non-hydrogen) atoms. The van der Waals surface area contributed by atoms with Crippen molar-refractivity contribution in [3.8, 4) is 11.5 Å². The monoisotopic (exact) mass is 439 g/mol. The van der Waals surface area contributed by atoms with Crippen molar-refractivity contribution in [1.29, 1.82) is 0 Å². The number of anilines is 1. The molecule has 0 saturated carbocycles. The number of aromatic nitrogens is 2. The van der Waals surface area contributed by atoms with Gasteiger partial charge >= 0.3 is 6.03 Å². The number of amides is 4. The number of urea groups is 1. The Bertz CT molecular complexity index is 1230. The molecule has 2 aliphatic heterocycles. The zero-order valence-corrected chi connectivity index (χ0v) is 17.2. The first-order valence-electron chi connectivity index (χ1n) is 9.51. The van der Waals surface area contributed by atoms with E-state index in [1.54, 1.807) is 43.3 Å². The van der Waals surface area contributed by atoms with Gasteiger partial charge in [0.1, 0.15) is 36.3 Å². The molecule has 0 bridgehead atoms. The van der Waals surface area contributed by atoms with Gasteiger partial charge in [-0.05, 0) is 36.8 Å². The highest BCUT2D eigenvalue weighted by molar-refractivity contribution is 7.00. The Morgan fingerprint density at radius 2 is 2.00 bits per heavy atom. The van der Waals surface area contributed by atoms with Gasteiger partial charge in [0.25, 0.3) is 5.91 Å². The van der Waals surface area contributed by atoms with Gasteiger partial charge in [-0.25, -0.2) is 4.79 Å². The summed E-state index contributed by atoms with van der Waals surface area (Å²) in [6.07, 6.45) is 0. The van der Waals surface area contributed by atoms with Crippen LogP contribution in [0.15, 0.2) is 36.4 Å². The predicted octanol–water partition coefficient (Wildman–Crippen LogP) is 1.87. The molecule has 1 saturated heterocycles. The van der Waals surface area contributed by atoms with Crippen molar-refractivity contribution in [3.05, 3.63) is 42.0 Å². The van der Waals surface area contributed by atoms with Crippen LogP contribution in [0, 0.1) is 0 Å². The van der Waals surface area contributed by atoms with Gasteiger partial charge in [0.15, 0.2) is 11.5 Å². The smallest absolute Gasteiger partial charge is 0.325 e. The van der Waals surface area contributed by atoms with Crippen LogP contribution in [0.3, 0.4) is 0 Å². The first kappa shape index (κ1) is 19.2. The van der Waals surface area contributed by atoms with Gasteiger partial charge in [0.2, 0.25) is 5.91 Å². The molecule has 158 valence electrons. The van der Waals surface area contributed by atoms with Crippen LogP contribution in [0.4, 0.5) is 10.5 Å². The molecule has 1 atom stereocenters. The molecular weight excluding hydrogens is 422 g/mol. The van der Waals surface area contributed by atoms with E-state index < -0.39 is 29.9 Å². The number of nitrogens with zero attached hydrogens (tertiary/aromatic N) is 3. The van der Waals surface area contributed by atoms with Gasteiger partial charge in [-0.3, -0.25) is 14.5 Å². The molecule has 5 rings (SSSR count). The van der Waals surface area contributed by atoms with Crippen LogP contribution in [0.25, 0.3) is 11.0 Å². The second-order valence-electron chi connectivity index (χ2n) is 7.29. The number of benzene rings is 2. The lowest BCUT2D eigenvalue weighted by molar-refractivity contribution is -0.133. The average molecular weight is 439 g/mol. The Hall–Kier alpha value is -3.73. The lowest BCUT2D eigenvalue weighted by atomic mass is 9.91. The highest BCUT2D eigenvalue weighted by atomic mass is 32.1. The predicted molar refractivity (Wildman–Crippen MR) is 111 cm³/mol. The summed E-state index contributed by atoms with van der Waals surface area (Å²) in [5, 5.41) is 5.39. The summed E-state index contributed by atoms with van der Waals surface area (Å²) in [6.45, 7) is 2.02. The fourth-order valence-corrected chi connectivity index (χ4v) is 4.18. The summed E-state index contributed by atoms with van der Waals surface area (Å²) in [7, 11) is 0. The number of hydrogen-bond donors (Lipinski definition) is 2. The van der Waals surface area contributed by atoms with Crippen LogP contribution >= 0.6 is 11.7 Å². The zero-order chi connectivity index (χ0) is 21.6. The van der Waals surface area contributed by atoms with E-state index in [4.69, 9.17) is 9.47 Å². The lowest BCUT2D eigenvalue weighted by Crippen LogP contribution is -2.42. The minimum Gasteiger partial charge on any atom is -0.486 e. The highest BCUT2D eigenvalue weighted by Gasteiger charge is 2.49. The van der Waals surface area contributed by atoms with Gasteiger partial charge in [-0.1, -0.05) is 12.1 Å². The van der Waals surface area contributed by atoms with Crippen LogP contribution < -0.4 is 20.1 Å². The van der Waals surface area contributed by atoms with Crippen LogP contribution in [0.1, 0.15) is 12.5 Å². The number of ether oxygens (including phenoxy) is 2. The number of hydrogen-bond acceptors (Lipinski definition) is 8. The maximum absolute atomic E-state index is 13.1. The van der Waals surface area contributed by atoms with Gasteiger partial charge in [-0.2, -0.15) is 8.75 Å². The summed E-state index contributed by atoms with van der Waals surface area (Å²) in [4.78, 5) is 39.2. The molecule has 10 nitrogen and oxygen atoms in total. The third kappa shape index (κ3) is 3.22. The second kappa shape index (κ2) is 7.20. The van der Waals surface area contributed by atoms with Crippen molar-refractivity contribution >= 4 is 46.3 Å². The molecule has 0 radical (unpaired) electrons. The normalized spacial score (nSPS) is 20.1. The van der Waals surface area contributed by atoms with E-state index >= 15 is 0 Å². The van der Waals surface area contributed by atoms with E-state index in [0.29, 0.717) is 47.0 Å². The summed E-state index contributed by atoms with van der Waals surface area (Å²) < 4.78 is 19.4. The topological polar surface area (TPSA) is 123 Å². The molecule has 1 aromatic heterocycles. The molecular formula is C20H17N5O5S. The van der Waals surface area contributed by atoms with Gasteiger partial charge in [0.05, 0.1) is 17.4 Å². The van der Waals surface area contributed by atoms with Crippen LogP contribution in [0.5, 0.6) is 11.5 Å². The third-order valence-electron chi connectivity index (χ3n) is 5.26. The molecule has 2 N–H and O–H groups in total. The van der Waals surface area contributed by atoms with E-state index in [9.17, 15) is 14.4 Å². The fourth-order valence-electron chi connectivity index (χ4n) is 3.63. The Balaban J connectivity index is 1.35. The molecule has 0 aliphatic carbocycles. The number of imide groups is 1. The van der Waals surface area contributed by atoms with Crippen molar-refractivity contribution in [1.82, 2.24) is 19.0 Å². The van der Waals surface area contributed by atoms with Crippen LogP contribution in [-0.2, 0) is 15.1 Å². The van der Waals surface area contributed by atoms with Gasteiger partial charge in [0, 0.05) is 0 Å². The minimum absolute atomic E-state index is 0.404. The first-order valence-corrected chi connectivity index (χ1v) is 10.2. The third-order valence-corrected chi connectivity index (χ3v) is 5.80. The van der Waals surface area contributed by atoms with Crippen molar-refractivity contribution in [2.45, 2.75) is 12.5 Å². The molecule has 1 fully saturated rings. The largest absolute Gasteiger partial charge is 0.486 e. The SMILES string of the molecule is C[C@@]1(c2ccc3c(c2)OCCO3)NC(=O)N(CC(=O)Nc2cccc3nsnc23)C1=O. The van der Waals surface area contributed by atoms with E-state index in [1.165, 1.54) is 0 Å². The number of carbonyl (C=O) groups excluding carboxylic acids is 3. The number of nitrogens with one attached hydrogen (secondary N) is 2. The second-order valence-corrected chi connectivity index (χ2v) is 7.82. The molecule has 0 unspecified atom stereocenters. The van der Waals surface area contributed by atoms with E-state index in [0.717, 1.165) is 16.6 Å². The van der Waals surface area contributed by atoms with Crippen molar-refractivity contribution in [3.63, 3.8) is 0 Å². The summed E-state index contributed by atoms with van der Waals surface area (Å²) in [5.41, 5.74) is 0.892. The molecule has 2 aliphatic rings. The molecule has 3 aromatic rings. The lowest BCUT2D eigenvalue weighted by Gasteiger charge is -2.25. The maximum Gasteiger partial charge on any atom is 0.325 e. The number of rotatable bonds is 4. The summed E-state index contributed by atoms with van der Waals surface area (Å²) >= 11 is 1.04. The van der Waals surface area contributed by atoms with Crippen LogP contribution in [-0.4, -0.2) is 51.3 Å². The molecule has 2 aromatic carbocycles.